The normalized spacial score (nSPS) is 23.9. The molecule has 0 spiro atoms. The van der Waals surface area contributed by atoms with Crippen molar-refractivity contribution in [2.45, 2.75) is 45.7 Å². The molecular formula is C23H29N5O. The van der Waals surface area contributed by atoms with Crippen molar-refractivity contribution >= 4 is 23.1 Å². The van der Waals surface area contributed by atoms with E-state index in [1.807, 2.05) is 11.0 Å². The summed E-state index contributed by atoms with van der Waals surface area (Å²) in [5.74, 6) is 0.929. The molecule has 152 valence electrons. The van der Waals surface area contributed by atoms with E-state index in [0.717, 1.165) is 37.2 Å². The molecule has 2 aliphatic heterocycles. The highest BCUT2D eigenvalue weighted by atomic mass is 16.2. The second-order valence-electron chi connectivity index (χ2n) is 7.88. The van der Waals surface area contributed by atoms with Crippen LogP contribution in [0.4, 0.5) is 11.6 Å². The molecule has 2 aromatic rings. The van der Waals surface area contributed by atoms with Crippen LogP contribution in [0.25, 0.3) is 5.57 Å². The molecule has 1 amide bonds. The first kappa shape index (κ1) is 19.6. The molecule has 6 heteroatoms. The number of nitrogens with one attached hydrogen (secondary N) is 2. The van der Waals surface area contributed by atoms with Gasteiger partial charge < -0.3 is 15.5 Å². The summed E-state index contributed by atoms with van der Waals surface area (Å²) >= 11 is 0. The quantitative estimate of drug-likeness (QED) is 0.830. The number of benzene rings is 1. The molecule has 3 atom stereocenters. The molecule has 4 rings (SSSR count). The van der Waals surface area contributed by atoms with Crippen LogP contribution in [-0.2, 0) is 4.79 Å². The summed E-state index contributed by atoms with van der Waals surface area (Å²) in [6.45, 7) is 7.92. The van der Waals surface area contributed by atoms with Gasteiger partial charge in [-0.3, -0.25) is 4.79 Å². The van der Waals surface area contributed by atoms with Gasteiger partial charge in [0, 0.05) is 43.5 Å². The lowest BCUT2D eigenvalue weighted by molar-refractivity contribution is -0.117. The molecule has 0 saturated carbocycles. The van der Waals surface area contributed by atoms with E-state index < -0.39 is 0 Å². The van der Waals surface area contributed by atoms with Gasteiger partial charge in [0.2, 0.25) is 11.9 Å². The maximum absolute atomic E-state index is 12.6. The van der Waals surface area contributed by atoms with E-state index >= 15 is 0 Å². The van der Waals surface area contributed by atoms with Crippen LogP contribution in [-0.4, -0.2) is 35.0 Å². The second-order valence-corrected chi connectivity index (χ2v) is 7.88. The molecule has 0 saturated heterocycles. The number of carbonyl (C=O) groups is 1. The standard InChI is InChI=1S/C23H29N5O/c1-4-20-15(2)22(27-23-25-10-5-11-26-23)19-14-18(17-8-12-24-13-9-17)6-7-21(19)28(20)16(3)29/h5-8,10-11,14-15,20,22,24H,4,9,12-13H2,1-3H3,(H,25,26,27)/t15-,20-,22+/m0/s1. The van der Waals surface area contributed by atoms with Gasteiger partial charge in [0.15, 0.2) is 0 Å². The molecule has 0 fully saturated rings. The number of aromatic nitrogens is 2. The fourth-order valence-electron chi connectivity index (χ4n) is 4.71. The average Bonchev–Trinajstić information content (AvgIpc) is 2.76. The van der Waals surface area contributed by atoms with Gasteiger partial charge in [-0.25, -0.2) is 9.97 Å². The van der Waals surface area contributed by atoms with Gasteiger partial charge >= 0.3 is 0 Å². The molecule has 0 bridgehead atoms. The number of amides is 1. The summed E-state index contributed by atoms with van der Waals surface area (Å²) in [6.07, 6.45) is 7.67. The SMILES string of the molecule is CC[C@H]1[C@H](C)[C@@H](Nc2ncccn2)c2cc(C3=CCNCC3)ccc2N1C(C)=O. The van der Waals surface area contributed by atoms with Crippen LogP contribution < -0.4 is 15.5 Å². The summed E-state index contributed by atoms with van der Waals surface area (Å²) in [4.78, 5) is 23.3. The third-order valence-electron chi connectivity index (χ3n) is 6.13. The van der Waals surface area contributed by atoms with E-state index in [-0.39, 0.29) is 23.9 Å². The van der Waals surface area contributed by atoms with Crippen molar-refractivity contribution in [2.75, 3.05) is 23.3 Å². The topological polar surface area (TPSA) is 70.2 Å². The Labute approximate surface area is 172 Å². The van der Waals surface area contributed by atoms with Gasteiger partial charge in [0.05, 0.1) is 6.04 Å². The first-order chi connectivity index (χ1) is 14.1. The summed E-state index contributed by atoms with van der Waals surface area (Å²) < 4.78 is 0. The summed E-state index contributed by atoms with van der Waals surface area (Å²) in [7, 11) is 0. The Hall–Kier alpha value is -2.73. The van der Waals surface area contributed by atoms with Crippen molar-refractivity contribution in [1.82, 2.24) is 15.3 Å². The predicted octanol–water partition coefficient (Wildman–Crippen LogP) is 3.79. The Morgan fingerprint density at radius 3 is 2.76 bits per heavy atom. The van der Waals surface area contributed by atoms with Crippen LogP contribution in [0.5, 0.6) is 0 Å². The average molecular weight is 392 g/mol. The van der Waals surface area contributed by atoms with Crippen molar-refractivity contribution < 1.29 is 4.79 Å². The predicted molar refractivity (Wildman–Crippen MR) is 117 cm³/mol. The summed E-state index contributed by atoms with van der Waals surface area (Å²) in [6, 6.07) is 8.51. The first-order valence-electron chi connectivity index (χ1n) is 10.5. The van der Waals surface area contributed by atoms with E-state index in [2.05, 4.69) is 58.7 Å². The molecule has 6 nitrogen and oxygen atoms in total. The number of hydrogen-bond donors (Lipinski definition) is 2. The Morgan fingerprint density at radius 2 is 2.10 bits per heavy atom. The zero-order valence-corrected chi connectivity index (χ0v) is 17.4. The number of rotatable bonds is 4. The van der Waals surface area contributed by atoms with Crippen molar-refractivity contribution in [3.63, 3.8) is 0 Å². The van der Waals surface area contributed by atoms with Gasteiger partial charge in [-0.15, -0.1) is 0 Å². The third-order valence-corrected chi connectivity index (χ3v) is 6.13. The Balaban J connectivity index is 1.81. The monoisotopic (exact) mass is 391 g/mol. The number of nitrogens with zero attached hydrogens (tertiary/aromatic N) is 3. The Morgan fingerprint density at radius 1 is 1.31 bits per heavy atom. The Kier molecular flexibility index (Phi) is 5.62. The van der Waals surface area contributed by atoms with E-state index in [0.29, 0.717) is 5.95 Å². The van der Waals surface area contributed by atoms with E-state index in [4.69, 9.17) is 0 Å². The first-order valence-corrected chi connectivity index (χ1v) is 10.5. The second kappa shape index (κ2) is 8.33. The fraction of sp³-hybridized carbons (Fsp3) is 0.435. The molecule has 29 heavy (non-hydrogen) atoms. The minimum absolute atomic E-state index is 0.0372. The minimum atomic E-state index is 0.0372. The number of fused-ring (bicyclic) bond motifs is 1. The van der Waals surface area contributed by atoms with Crippen LogP contribution in [0.15, 0.2) is 42.7 Å². The molecule has 1 aromatic heterocycles. The van der Waals surface area contributed by atoms with E-state index in [9.17, 15) is 4.79 Å². The third kappa shape index (κ3) is 3.77. The number of hydrogen-bond acceptors (Lipinski definition) is 5. The van der Waals surface area contributed by atoms with Crippen LogP contribution >= 0.6 is 0 Å². The highest BCUT2D eigenvalue weighted by Crippen LogP contribution is 2.44. The molecule has 2 N–H and O–H groups in total. The molecule has 0 aliphatic carbocycles. The lowest BCUT2D eigenvalue weighted by atomic mass is 9.80. The fourth-order valence-corrected chi connectivity index (χ4v) is 4.71. The zero-order chi connectivity index (χ0) is 20.4. The van der Waals surface area contributed by atoms with Gasteiger partial charge in [-0.1, -0.05) is 26.0 Å². The van der Waals surface area contributed by atoms with Crippen molar-refractivity contribution in [2.24, 2.45) is 5.92 Å². The highest BCUT2D eigenvalue weighted by Gasteiger charge is 2.40. The summed E-state index contributed by atoms with van der Waals surface area (Å²) in [5.41, 5.74) is 4.73. The lowest BCUT2D eigenvalue weighted by Crippen LogP contribution is -2.49. The van der Waals surface area contributed by atoms with E-state index in [1.165, 1.54) is 11.1 Å². The molecule has 3 heterocycles. The van der Waals surface area contributed by atoms with E-state index in [1.54, 1.807) is 19.3 Å². The van der Waals surface area contributed by atoms with Gasteiger partial charge in [-0.2, -0.15) is 0 Å². The van der Waals surface area contributed by atoms with Crippen LogP contribution in [0, 0.1) is 5.92 Å². The van der Waals surface area contributed by atoms with Crippen LogP contribution in [0.1, 0.15) is 50.8 Å². The molecule has 0 unspecified atom stereocenters. The summed E-state index contributed by atoms with van der Waals surface area (Å²) in [5, 5.41) is 6.92. The van der Waals surface area contributed by atoms with Crippen molar-refractivity contribution in [3.05, 3.63) is 53.9 Å². The Bertz CT molecular complexity index is 911. The smallest absolute Gasteiger partial charge is 0.224 e. The maximum atomic E-state index is 12.6. The minimum Gasteiger partial charge on any atom is -0.347 e. The van der Waals surface area contributed by atoms with Crippen LogP contribution in [0.3, 0.4) is 0 Å². The van der Waals surface area contributed by atoms with Gasteiger partial charge in [-0.05, 0) is 54.3 Å². The number of carbonyl (C=O) groups excluding carboxylic acids is 1. The highest BCUT2D eigenvalue weighted by molar-refractivity contribution is 5.94. The van der Waals surface area contributed by atoms with Crippen molar-refractivity contribution in [3.8, 4) is 0 Å². The van der Waals surface area contributed by atoms with Crippen molar-refractivity contribution in [1.29, 1.82) is 0 Å². The zero-order valence-electron chi connectivity index (χ0n) is 17.4. The molecular weight excluding hydrogens is 362 g/mol. The molecule has 0 radical (unpaired) electrons. The lowest BCUT2D eigenvalue weighted by Gasteiger charge is -2.45. The largest absolute Gasteiger partial charge is 0.347 e. The van der Waals surface area contributed by atoms with Crippen LogP contribution in [0.2, 0.25) is 0 Å². The van der Waals surface area contributed by atoms with Gasteiger partial charge in [0.25, 0.3) is 0 Å². The number of anilines is 2. The van der Waals surface area contributed by atoms with Gasteiger partial charge in [0.1, 0.15) is 0 Å². The maximum Gasteiger partial charge on any atom is 0.224 e. The molecule has 1 aromatic carbocycles. The molecule has 2 aliphatic rings.